The molecule has 160 valence electrons. The first-order valence-corrected chi connectivity index (χ1v) is 10.1. The molecule has 4 aromatic heterocycles. The Hall–Kier alpha value is -4.41. The second kappa shape index (κ2) is 7.69. The summed E-state index contributed by atoms with van der Waals surface area (Å²) in [4.78, 5) is 22.3. The fraction of sp³-hybridized carbons (Fsp3) is 0.190. The summed E-state index contributed by atoms with van der Waals surface area (Å²) in [5.41, 5.74) is 11.5. The van der Waals surface area contributed by atoms with E-state index >= 15 is 0 Å². The molecule has 1 aromatic carbocycles. The van der Waals surface area contributed by atoms with Gasteiger partial charge in [-0.1, -0.05) is 30.3 Å². The van der Waals surface area contributed by atoms with Gasteiger partial charge in [0.15, 0.2) is 5.82 Å². The van der Waals surface area contributed by atoms with Gasteiger partial charge in [-0.3, -0.25) is 4.98 Å². The molecule has 5 aromatic rings. The van der Waals surface area contributed by atoms with E-state index in [0.29, 0.717) is 30.1 Å². The Morgan fingerprint density at radius 1 is 1.06 bits per heavy atom. The topological polar surface area (TPSA) is 148 Å². The summed E-state index contributed by atoms with van der Waals surface area (Å²) in [5, 5.41) is 16.9. The third-order valence-electron chi connectivity index (χ3n) is 5.19. The van der Waals surface area contributed by atoms with E-state index < -0.39 is 0 Å². The molecule has 11 heteroatoms. The number of H-pyrrole nitrogens is 2. The first kappa shape index (κ1) is 19.5. The number of aryl methyl sites for hydroxylation is 4. The van der Waals surface area contributed by atoms with E-state index in [1.54, 1.807) is 0 Å². The van der Waals surface area contributed by atoms with Gasteiger partial charge in [0, 0.05) is 23.4 Å². The van der Waals surface area contributed by atoms with Crippen molar-refractivity contribution in [2.24, 2.45) is 0 Å². The van der Waals surface area contributed by atoms with Crippen molar-refractivity contribution in [2.45, 2.75) is 26.8 Å². The van der Waals surface area contributed by atoms with E-state index in [4.69, 9.17) is 5.73 Å². The van der Waals surface area contributed by atoms with Gasteiger partial charge in [0.2, 0.25) is 5.65 Å². The highest BCUT2D eigenvalue weighted by Gasteiger charge is 2.26. The number of benzene rings is 1. The van der Waals surface area contributed by atoms with Crippen molar-refractivity contribution in [3.8, 4) is 22.4 Å². The van der Waals surface area contributed by atoms with Crippen LogP contribution in [0.15, 0.2) is 47.3 Å². The average molecular weight is 429 g/mol. The molecular formula is C21H21N10O+. The Bertz CT molecular complexity index is 1450. The van der Waals surface area contributed by atoms with Gasteiger partial charge in [-0.15, -0.1) is 14.5 Å². The molecule has 0 bridgehead atoms. The second-order valence-electron chi connectivity index (χ2n) is 7.53. The van der Waals surface area contributed by atoms with Crippen molar-refractivity contribution in [3.63, 3.8) is 0 Å². The Morgan fingerprint density at radius 2 is 1.81 bits per heavy atom. The zero-order valence-electron chi connectivity index (χ0n) is 17.6. The predicted molar refractivity (Wildman–Crippen MR) is 116 cm³/mol. The number of anilines is 1. The molecule has 0 saturated carbocycles. The van der Waals surface area contributed by atoms with Crippen molar-refractivity contribution in [3.05, 3.63) is 70.2 Å². The normalized spacial score (nSPS) is 11.3. The van der Waals surface area contributed by atoms with Gasteiger partial charge in [-0.25, -0.2) is 15.0 Å². The van der Waals surface area contributed by atoms with Gasteiger partial charge in [0.05, 0.1) is 12.1 Å². The maximum absolute atomic E-state index is 13.2. The summed E-state index contributed by atoms with van der Waals surface area (Å²) in [5.74, 6) is 0.684. The van der Waals surface area contributed by atoms with E-state index in [2.05, 4.69) is 35.7 Å². The van der Waals surface area contributed by atoms with Gasteiger partial charge in [0.25, 0.3) is 0 Å². The highest BCUT2D eigenvalue weighted by molar-refractivity contribution is 5.88. The molecule has 0 aliphatic heterocycles. The van der Waals surface area contributed by atoms with Gasteiger partial charge in [0.1, 0.15) is 5.69 Å². The minimum Gasteiger partial charge on any atom is -0.319 e. The van der Waals surface area contributed by atoms with E-state index in [-0.39, 0.29) is 11.6 Å². The first-order chi connectivity index (χ1) is 15.5. The van der Waals surface area contributed by atoms with Crippen LogP contribution in [-0.2, 0) is 13.0 Å². The number of hydrogen-bond donors (Lipinski definition) is 3. The van der Waals surface area contributed by atoms with E-state index in [1.807, 2.05) is 56.3 Å². The average Bonchev–Trinajstić information content (AvgIpc) is 3.40. The molecule has 0 spiro atoms. The summed E-state index contributed by atoms with van der Waals surface area (Å²) in [6.45, 7) is 4.21. The van der Waals surface area contributed by atoms with Crippen LogP contribution in [0.25, 0.3) is 28.0 Å². The molecule has 5 rings (SSSR count). The Labute approximate surface area is 182 Å². The standard InChI is InChI=1S/C21H20N10O/c1-12-10-15(11-13(2)23-12)17-18(14-6-4-3-5-7-14)24-20(22)31-19(17)27-30(21(31)32)9-8-16-25-28-29-26-16/h3-7,10-11H,8-9H2,1-2H3,(H3,22,23,24,25,26,27,28,29)/p+1. The number of fused-ring (bicyclic) bond motifs is 1. The number of rotatable bonds is 5. The van der Waals surface area contributed by atoms with Gasteiger partial charge in [-0.05, 0) is 42.0 Å². The second-order valence-corrected chi connectivity index (χ2v) is 7.53. The number of tetrazole rings is 1. The van der Waals surface area contributed by atoms with Crippen LogP contribution in [0, 0.1) is 13.8 Å². The third-order valence-corrected chi connectivity index (χ3v) is 5.19. The molecule has 32 heavy (non-hydrogen) atoms. The fourth-order valence-corrected chi connectivity index (χ4v) is 3.87. The minimum atomic E-state index is -0.319. The van der Waals surface area contributed by atoms with Crippen molar-refractivity contribution in [2.75, 3.05) is 5.73 Å². The van der Waals surface area contributed by atoms with Crippen LogP contribution in [0.4, 0.5) is 5.95 Å². The molecule has 0 atom stereocenters. The smallest absolute Gasteiger partial charge is 0.319 e. The van der Waals surface area contributed by atoms with Crippen molar-refractivity contribution in [1.82, 2.24) is 40.4 Å². The van der Waals surface area contributed by atoms with Gasteiger partial charge < -0.3 is 5.73 Å². The van der Waals surface area contributed by atoms with Crippen LogP contribution >= 0.6 is 0 Å². The molecule has 4 heterocycles. The third kappa shape index (κ3) is 3.39. The first-order valence-electron chi connectivity index (χ1n) is 10.1. The van der Waals surface area contributed by atoms with E-state index in [1.165, 1.54) is 9.08 Å². The highest BCUT2D eigenvalue weighted by Crippen LogP contribution is 2.33. The zero-order chi connectivity index (χ0) is 22.2. The summed E-state index contributed by atoms with van der Waals surface area (Å²) in [6.07, 6.45) is 0.446. The van der Waals surface area contributed by atoms with E-state index in [0.717, 1.165) is 28.1 Å². The zero-order valence-corrected chi connectivity index (χ0v) is 17.6. The Kier molecular flexibility index (Phi) is 4.70. The molecular weight excluding hydrogens is 408 g/mol. The molecule has 0 fully saturated rings. The summed E-state index contributed by atoms with van der Waals surface area (Å²) in [7, 11) is 0. The number of hydrogen-bond acceptors (Lipinski definition) is 7. The van der Waals surface area contributed by atoms with Crippen LogP contribution in [0.5, 0.6) is 0 Å². The molecule has 0 saturated heterocycles. The molecule has 0 unspecified atom stereocenters. The number of nitrogens with zero attached hydrogens (tertiary/aromatic N) is 7. The van der Waals surface area contributed by atoms with Crippen molar-refractivity contribution < 1.29 is 4.40 Å². The number of nitrogens with two attached hydrogens (primary N) is 1. The molecule has 11 nitrogen and oxygen atoms in total. The maximum Gasteiger partial charge on any atom is 0.428 e. The predicted octanol–water partition coefficient (Wildman–Crippen LogP) is 0.994. The van der Waals surface area contributed by atoms with Crippen LogP contribution in [0.3, 0.4) is 0 Å². The summed E-state index contributed by atoms with van der Waals surface area (Å²) < 4.78 is 2.88. The van der Waals surface area contributed by atoms with Crippen molar-refractivity contribution in [1.29, 1.82) is 0 Å². The SMILES string of the molecule is Cc1cc(-c2c(-c3ccccc3)nc(N)[n+]3c(=O)n(CCc4nnn[nH]4)[nH]c23)cc(C)n1. The summed E-state index contributed by atoms with van der Waals surface area (Å²) in [6, 6.07) is 13.7. The lowest BCUT2D eigenvalue weighted by Gasteiger charge is -2.10. The summed E-state index contributed by atoms with van der Waals surface area (Å²) >= 11 is 0. The Balaban J connectivity index is 1.77. The molecule has 0 aliphatic carbocycles. The Morgan fingerprint density at radius 3 is 2.50 bits per heavy atom. The minimum absolute atomic E-state index is 0.103. The maximum atomic E-state index is 13.2. The monoisotopic (exact) mass is 429 g/mol. The van der Waals surface area contributed by atoms with Crippen LogP contribution < -0.4 is 15.8 Å². The molecule has 0 amide bonds. The number of aromatic nitrogens is 9. The number of nitrogens with one attached hydrogen (secondary N) is 2. The van der Waals surface area contributed by atoms with Gasteiger partial charge >= 0.3 is 11.6 Å². The highest BCUT2D eigenvalue weighted by atomic mass is 16.2. The molecule has 0 aliphatic rings. The quantitative estimate of drug-likeness (QED) is 0.353. The number of aromatic amines is 2. The molecule has 0 radical (unpaired) electrons. The van der Waals surface area contributed by atoms with Crippen LogP contribution in [0.2, 0.25) is 0 Å². The van der Waals surface area contributed by atoms with Crippen molar-refractivity contribution >= 4 is 11.6 Å². The van der Waals surface area contributed by atoms with Crippen LogP contribution in [-0.4, -0.2) is 40.4 Å². The van der Waals surface area contributed by atoms with Gasteiger partial charge in [-0.2, -0.15) is 4.68 Å². The van der Waals surface area contributed by atoms with E-state index in [9.17, 15) is 4.79 Å². The van der Waals surface area contributed by atoms with Crippen LogP contribution in [0.1, 0.15) is 17.2 Å². The lowest BCUT2D eigenvalue weighted by atomic mass is 9.99. The molecule has 4 N–H and O–H groups in total. The lowest BCUT2D eigenvalue weighted by molar-refractivity contribution is -0.516. The number of nitrogen functional groups attached to an aromatic ring is 1. The largest absolute Gasteiger partial charge is 0.428 e. The fourth-order valence-electron chi connectivity index (χ4n) is 3.87. The number of pyridine rings is 1. The lowest BCUT2D eigenvalue weighted by Crippen LogP contribution is -2.44.